The Morgan fingerprint density at radius 2 is 1.60 bits per heavy atom. The minimum atomic E-state index is 0.799. The molecule has 0 spiro atoms. The Hall–Kier alpha value is -0.540. The number of anilines is 1. The first kappa shape index (κ1) is 12.5. The lowest BCUT2D eigenvalue weighted by atomic mass is 10.1. The normalized spacial score (nSPS) is 16.7. The van der Waals surface area contributed by atoms with Crippen LogP contribution < -0.4 is 5.73 Å². The summed E-state index contributed by atoms with van der Waals surface area (Å²) in [5.41, 5.74) is 6.21. The summed E-state index contributed by atoms with van der Waals surface area (Å²) in [5.74, 6) is 0. The molecule has 2 nitrogen and oxygen atoms in total. The Labute approximate surface area is 101 Å². The van der Waals surface area contributed by atoms with E-state index in [4.69, 9.17) is 5.73 Å². The second-order valence-electron chi connectivity index (χ2n) is 3.92. The molecule has 15 heavy (non-hydrogen) atoms. The average molecular weight is 271 g/mol. The summed E-state index contributed by atoms with van der Waals surface area (Å²) in [7, 11) is 2.19. The standard InChI is InChI=1S/C6H6BrN.C6H13N/c7-5-1-3-6(8)4-2-5;1-7-5-3-2-4-6-7/h1-4H,8H2;2-6H2,1H3. The monoisotopic (exact) mass is 270 g/mol. The zero-order valence-corrected chi connectivity index (χ0v) is 10.8. The number of likely N-dealkylation sites (tertiary alicyclic amines) is 1. The van der Waals surface area contributed by atoms with E-state index in [0.717, 1.165) is 10.2 Å². The van der Waals surface area contributed by atoms with Crippen LogP contribution in [0, 0.1) is 0 Å². The highest BCUT2D eigenvalue weighted by Crippen LogP contribution is 2.10. The Kier molecular flexibility index (Phi) is 5.73. The number of hydrogen-bond acceptors (Lipinski definition) is 2. The van der Waals surface area contributed by atoms with Gasteiger partial charge in [-0.3, -0.25) is 0 Å². The van der Waals surface area contributed by atoms with Gasteiger partial charge in [0.25, 0.3) is 0 Å². The maximum absolute atomic E-state index is 5.41. The number of nitrogens with two attached hydrogens (primary N) is 1. The molecule has 2 rings (SSSR count). The molecule has 1 saturated heterocycles. The Bertz CT molecular complexity index is 244. The van der Waals surface area contributed by atoms with Gasteiger partial charge in [-0.25, -0.2) is 0 Å². The molecule has 1 aliphatic rings. The number of halogens is 1. The maximum atomic E-state index is 5.41. The molecule has 1 aromatic rings. The van der Waals surface area contributed by atoms with E-state index in [2.05, 4.69) is 27.9 Å². The van der Waals surface area contributed by atoms with Crippen LogP contribution in [-0.2, 0) is 0 Å². The summed E-state index contributed by atoms with van der Waals surface area (Å²) in [6.45, 7) is 2.64. The van der Waals surface area contributed by atoms with Crippen LogP contribution >= 0.6 is 15.9 Å². The van der Waals surface area contributed by atoms with Gasteiger partial charge in [-0.15, -0.1) is 0 Å². The van der Waals surface area contributed by atoms with Gasteiger partial charge in [-0.05, 0) is 57.2 Å². The number of nitrogen functional groups attached to an aromatic ring is 1. The lowest BCUT2D eigenvalue weighted by molar-refractivity contribution is 0.277. The lowest BCUT2D eigenvalue weighted by Gasteiger charge is -2.20. The zero-order chi connectivity index (χ0) is 11.1. The first-order chi connectivity index (χ1) is 7.18. The first-order valence-electron chi connectivity index (χ1n) is 5.38. The molecule has 1 heterocycles. The van der Waals surface area contributed by atoms with Crippen LogP contribution in [0.5, 0.6) is 0 Å². The first-order valence-corrected chi connectivity index (χ1v) is 6.17. The second-order valence-corrected chi connectivity index (χ2v) is 4.83. The number of benzene rings is 1. The van der Waals surface area contributed by atoms with Crippen LogP contribution in [0.15, 0.2) is 28.7 Å². The second kappa shape index (κ2) is 6.85. The van der Waals surface area contributed by atoms with Gasteiger partial charge in [0.15, 0.2) is 0 Å². The third kappa shape index (κ3) is 5.80. The molecule has 0 radical (unpaired) electrons. The SMILES string of the molecule is CN1CCCCC1.Nc1ccc(Br)cc1. The van der Waals surface area contributed by atoms with E-state index in [1.807, 2.05) is 24.3 Å². The molecule has 0 saturated carbocycles. The van der Waals surface area contributed by atoms with E-state index in [0.29, 0.717) is 0 Å². The van der Waals surface area contributed by atoms with Gasteiger partial charge < -0.3 is 10.6 Å². The highest BCUT2D eigenvalue weighted by molar-refractivity contribution is 9.10. The van der Waals surface area contributed by atoms with Crippen LogP contribution in [0.3, 0.4) is 0 Å². The van der Waals surface area contributed by atoms with Crippen LogP contribution in [0.2, 0.25) is 0 Å². The van der Waals surface area contributed by atoms with Gasteiger partial charge >= 0.3 is 0 Å². The average Bonchev–Trinajstić information content (AvgIpc) is 2.25. The lowest BCUT2D eigenvalue weighted by Crippen LogP contribution is -2.24. The Morgan fingerprint density at radius 3 is 1.93 bits per heavy atom. The summed E-state index contributed by atoms with van der Waals surface area (Å²) in [6.07, 6.45) is 4.28. The highest BCUT2D eigenvalue weighted by Gasteiger charge is 2.02. The summed E-state index contributed by atoms with van der Waals surface area (Å²) in [5, 5.41) is 0. The van der Waals surface area contributed by atoms with Gasteiger partial charge in [0.05, 0.1) is 0 Å². The Balaban J connectivity index is 0.000000151. The van der Waals surface area contributed by atoms with Gasteiger partial charge in [0.2, 0.25) is 0 Å². The van der Waals surface area contributed by atoms with Crippen LogP contribution in [-0.4, -0.2) is 25.0 Å². The van der Waals surface area contributed by atoms with Gasteiger partial charge in [0.1, 0.15) is 0 Å². The van der Waals surface area contributed by atoms with Crippen molar-refractivity contribution in [1.29, 1.82) is 0 Å². The van der Waals surface area contributed by atoms with Crippen molar-refractivity contribution in [2.45, 2.75) is 19.3 Å². The number of piperidine rings is 1. The molecular weight excluding hydrogens is 252 g/mol. The topological polar surface area (TPSA) is 29.3 Å². The summed E-state index contributed by atoms with van der Waals surface area (Å²) in [6, 6.07) is 7.53. The predicted octanol–water partition coefficient (Wildman–Crippen LogP) is 3.13. The fourth-order valence-corrected chi connectivity index (χ4v) is 1.78. The maximum Gasteiger partial charge on any atom is 0.0314 e. The third-order valence-corrected chi connectivity index (χ3v) is 2.98. The smallest absolute Gasteiger partial charge is 0.0314 e. The molecule has 1 fully saturated rings. The van der Waals surface area contributed by atoms with Crippen LogP contribution in [0.25, 0.3) is 0 Å². The molecule has 0 aliphatic carbocycles. The van der Waals surface area contributed by atoms with Crippen LogP contribution in [0.1, 0.15) is 19.3 Å². The molecule has 84 valence electrons. The van der Waals surface area contributed by atoms with E-state index < -0.39 is 0 Å². The molecule has 3 heteroatoms. The van der Waals surface area contributed by atoms with E-state index in [9.17, 15) is 0 Å². The summed E-state index contributed by atoms with van der Waals surface area (Å²) < 4.78 is 1.06. The van der Waals surface area contributed by atoms with E-state index in [-0.39, 0.29) is 0 Å². The molecule has 1 aromatic carbocycles. The van der Waals surface area contributed by atoms with Gasteiger partial charge in [-0.2, -0.15) is 0 Å². The molecule has 0 unspecified atom stereocenters. The largest absolute Gasteiger partial charge is 0.399 e. The van der Waals surface area contributed by atoms with Crippen LogP contribution in [0.4, 0.5) is 5.69 Å². The van der Waals surface area contributed by atoms with Gasteiger partial charge in [0, 0.05) is 10.2 Å². The number of hydrogen-bond donors (Lipinski definition) is 1. The van der Waals surface area contributed by atoms with Crippen molar-refractivity contribution in [3.63, 3.8) is 0 Å². The third-order valence-electron chi connectivity index (χ3n) is 2.45. The van der Waals surface area contributed by atoms with Crippen molar-refractivity contribution >= 4 is 21.6 Å². The molecular formula is C12H19BrN2. The van der Waals surface area contributed by atoms with E-state index >= 15 is 0 Å². The number of nitrogens with zero attached hydrogens (tertiary/aromatic N) is 1. The molecule has 0 atom stereocenters. The minimum Gasteiger partial charge on any atom is -0.399 e. The molecule has 0 amide bonds. The van der Waals surface area contributed by atoms with Crippen molar-refractivity contribution < 1.29 is 0 Å². The van der Waals surface area contributed by atoms with Crippen molar-refractivity contribution in [3.8, 4) is 0 Å². The van der Waals surface area contributed by atoms with E-state index in [1.165, 1.54) is 32.4 Å². The number of rotatable bonds is 0. The quantitative estimate of drug-likeness (QED) is 0.734. The van der Waals surface area contributed by atoms with Crippen molar-refractivity contribution in [1.82, 2.24) is 4.90 Å². The predicted molar refractivity (Wildman–Crippen MR) is 69.9 cm³/mol. The van der Waals surface area contributed by atoms with Gasteiger partial charge in [-0.1, -0.05) is 22.4 Å². The fourth-order valence-electron chi connectivity index (χ4n) is 1.51. The fraction of sp³-hybridized carbons (Fsp3) is 0.500. The molecule has 0 bridgehead atoms. The molecule has 1 aliphatic heterocycles. The van der Waals surface area contributed by atoms with Crippen molar-refractivity contribution in [3.05, 3.63) is 28.7 Å². The molecule has 0 aromatic heterocycles. The van der Waals surface area contributed by atoms with E-state index in [1.54, 1.807) is 0 Å². The zero-order valence-electron chi connectivity index (χ0n) is 9.25. The summed E-state index contributed by atoms with van der Waals surface area (Å²) in [4.78, 5) is 2.39. The minimum absolute atomic E-state index is 0.799. The highest BCUT2D eigenvalue weighted by atomic mass is 79.9. The van der Waals surface area contributed by atoms with Crippen molar-refractivity contribution in [2.24, 2.45) is 0 Å². The van der Waals surface area contributed by atoms with Crippen molar-refractivity contribution in [2.75, 3.05) is 25.9 Å². The molecule has 2 N–H and O–H groups in total. The summed E-state index contributed by atoms with van der Waals surface area (Å²) >= 11 is 3.29. The Morgan fingerprint density at radius 1 is 1.07 bits per heavy atom.